The number of nitrogens with two attached hydrogens (primary N) is 1. The summed E-state index contributed by atoms with van der Waals surface area (Å²) in [6, 6.07) is 0. The lowest BCUT2D eigenvalue weighted by atomic mass is 10.1. The normalized spacial score (nSPS) is 13.3. The zero-order chi connectivity index (χ0) is 14.9. The maximum atomic E-state index is 11.8. The van der Waals surface area contributed by atoms with Gasteiger partial charge >= 0.3 is 0 Å². The van der Waals surface area contributed by atoms with Gasteiger partial charge in [0.25, 0.3) is 0 Å². The maximum absolute atomic E-state index is 11.8. The van der Waals surface area contributed by atoms with Crippen LogP contribution in [0.5, 0.6) is 0 Å². The number of hydrogen-bond donors (Lipinski definition) is 3. The van der Waals surface area contributed by atoms with Gasteiger partial charge in [0.15, 0.2) is 0 Å². The standard InChI is InChI=1S/C12H27N2O4P/c1-11(10-18-19(3,16)17)9-14(2)12(15)7-5-4-6-8-13/h11,16-17H,3-10,13H2,1-2H3. The van der Waals surface area contributed by atoms with Crippen molar-refractivity contribution in [3.8, 4) is 0 Å². The molecule has 0 aliphatic carbocycles. The second-order valence-corrected chi connectivity index (χ2v) is 6.53. The van der Waals surface area contributed by atoms with Gasteiger partial charge in [0, 0.05) is 20.0 Å². The minimum Gasteiger partial charge on any atom is -0.345 e. The fourth-order valence-electron chi connectivity index (χ4n) is 1.66. The molecule has 1 unspecified atom stereocenters. The van der Waals surface area contributed by atoms with Crippen molar-refractivity contribution in [1.29, 1.82) is 0 Å². The molecule has 1 atom stereocenters. The van der Waals surface area contributed by atoms with Gasteiger partial charge < -0.3 is 24.9 Å². The predicted octanol–water partition coefficient (Wildman–Crippen LogP) is 0.796. The first-order valence-electron chi connectivity index (χ1n) is 6.53. The molecule has 6 nitrogen and oxygen atoms in total. The van der Waals surface area contributed by atoms with Crippen molar-refractivity contribution in [3.63, 3.8) is 0 Å². The van der Waals surface area contributed by atoms with E-state index in [4.69, 9.17) is 20.0 Å². The van der Waals surface area contributed by atoms with Crippen LogP contribution in [0.3, 0.4) is 0 Å². The van der Waals surface area contributed by atoms with Crippen molar-refractivity contribution in [2.45, 2.75) is 32.6 Å². The molecule has 0 radical (unpaired) electrons. The number of unbranched alkanes of at least 4 members (excludes halogenated alkanes) is 2. The quantitative estimate of drug-likeness (QED) is 0.409. The fourth-order valence-corrected chi connectivity index (χ4v) is 2.15. The molecule has 0 aliphatic rings. The Bertz CT molecular complexity index is 306. The Kier molecular flexibility index (Phi) is 9.31. The summed E-state index contributed by atoms with van der Waals surface area (Å²) in [7, 11) is -1.69. The van der Waals surface area contributed by atoms with Crippen LogP contribution in [0, 0.1) is 5.92 Å². The second-order valence-electron chi connectivity index (χ2n) is 4.94. The third-order valence-corrected chi connectivity index (χ3v) is 3.23. The Hall–Kier alpha value is -0.390. The van der Waals surface area contributed by atoms with E-state index in [9.17, 15) is 4.79 Å². The Morgan fingerprint density at radius 3 is 2.58 bits per heavy atom. The van der Waals surface area contributed by atoms with Crippen LogP contribution in [-0.4, -0.2) is 53.6 Å². The molecule has 0 aliphatic heterocycles. The van der Waals surface area contributed by atoms with Crippen LogP contribution in [0.4, 0.5) is 0 Å². The van der Waals surface area contributed by atoms with Crippen LogP contribution in [0.25, 0.3) is 0 Å². The van der Waals surface area contributed by atoms with Crippen molar-refractivity contribution >= 4 is 19.8 Å². The molecule has 0 bridgehead atoms. The SMILES string of the molecule is C=P(O)(O)OCC(C)CN(C)C(=O)CCCCCN. The van der Waals surface area contributed by atoms with E-state index in [2.05, 4.69) is 6.30 Å². The molecule has 0 aromatic rings. The van der Waals surface area contributed by atoms with Crippen molar-refractivity contribution < 1.29 is 19.1 Å². The van der Waals surface area contributed by atoms with Crippen molar-refractivity contribution in [3.05, 3.63) is 0 Å². The molecular weight excluding hydrogens is 267 g/mol. The number of hydrogen-bond acceptors (Lipinski definition) is 5. The zero-order valence-corrected chi connectivity index (χ0v) is 12.8. The summed E-state index contributed by atoms with van der Waals surface area (Å²) in [5, 5.41) is 0. The summed E-state index contributed by atoms with van der Waals surface area (Å²) >= 11 is 0. The van der Waals surface area contributed by atoms with E-state index in [0.717, 1.165) is 19.3 Å². The van der Waals surface area contributed by atoms with E-state index in [1.807, 2.05) is 6.92 Å². The first-order chi connectivity index (χ1) is 8.76. The number of amides is 1. The zero-order valence-electron chi connectivity index (χ0n) is 11.9. The van der Waals surface area contributed by atoms with Gasteiger partial charge in [-0.25, -0.2) is 0 Å². The Labute approximate surface area is 115 Å². The van der Waals surface area contributed by atoms with Gasteiger partial charge in [0.2, 0.25) is 13.5 Å². The van der Waals surface area contributed by atoms with Gasteiger partial charge in [-0.3, -0.25) is 4.79 Å². The van der Waals surface area contributed by atoms with Crippen LogP contribution in [0.2, 0.25) is 0 Å². The Balaban J connectivity index is 3.84. The van der Waals surface area contributed by atoms with Crippen LogP contribution in [0.1, 0.15) is 32.6 Å². The molecule has 114 valence electrons. The summed E-state index contributed by atoms with van der Waals surface area (Å²) < 4.78 is 4.84. The molecule has 0 heterocycles. The molecule has 0 aromatic carbocycles. The predicted molar refractivity (Wildman–Crippen MR) is 78.8 cm³/mol. The first-order valence-corrected chi connectivity index (χ1v) is 8.33. The summed E-state index contributed by atoms with van der Waals surface area (Å²) in [4.78, 5) is 31.5. The van der Waals surface area contributed by atoms with Gasteiger partial charge in [-0.05, 0) is 31.6 Å². The minimum atomic E-state index is -3.43. The van der Waals surface area contributed by atoms with Gasteiger partial charge in [-0.15, -0.1) is 0 Å². The molecule has 0 fully saturated rings. The molecule has 0 aromatic heterocycles. The molecular formula is C12H27N2O4P. The monoisotopic (exact) mass is 294 g/mol. The molecule has 0 rings (SSSR count). The lowest BCUT2D eigenvalue weighted by Crippen LogP contribution is -2.32. The van der Waals surface area contributed by atoms with E-state index in [-0.39, 0.29) is 18.4 Å². The van der Waals surface area contributed by atoms with Crippen LogP contribution in [-0.2, 0) is 9.32 Å². The molecule has 4 N–H and O–H groups in total. The van der Waals surface area contributed by atoms with Gasteiger partial charge in [0.1, 0.15) is 0 Å². The fraction of sp³-hybridized carbons (Fsp3) is 0.833. The Morgan fingerprint density at radius 2 is 2.05 bits per heavy atom. The van der Waals surface area contributed by atoms with Crippen molar-refractivity contribution in [2.75, 3.05) is 26.7 Å². The third-order valence-electron chi connectivity index (χ3n) is 2.67. The van der Waals surface area contributed by atoms with E-state index < -0.39 is 7.57 Å². The molecule has 19 heavy (non-hydrogen) atoms. The molecule has 0 saturated heterocycles. The average Bonchev–Trinajstić information content (AvgIpc) is 2.31. The van der Waals surface area contributed by atoms with E-state index in [1.54, 1.807) is 11.9 Å². The lowest BCUT2D eigenvalue weighted by Gasteiger charge is -2.22. The maximum Gasteiger partial charge on any atom is 0.245 e. The van der Waals surface area contributed by atoms with E-state index in [0.29, 0.717) is 19.5 Å². The number of nitrogens with zero attached hydrogens (tertiary/aromatic N) is 1. The smallest absolute Gasteiger partial charge is 0.245 e. The summed E-state index contributed by atoms with van der Waals surface area (Å²) in [5.74, 6) is 0.117. The molecule has 7 heteroatoms. The highest BCUT2D eigenvalue weighted by molar-refractivity contribution is 7.57. The number of carbonyl (C=O) groups is 1. The molecule has 0 saturated carbocycles. The van der Waals surface area contributed by atoms with E-state index in [1.165, 1.54) is 0 Å². The highest BCUT2D eigenvalue weighted by Crippen LogP contribution is 2.35. The Morgan fingerprint density at radius 1 is 1.42 bits per heavy atom. The van der Waals surface area contributed by atoms with Crippen molar-refractivity contribution in [1.82, 2.24) is 4.90 Å². The van der Waals surface area contributed by atoms with Crippen LogP contribution in [0.15, 0.2) is 0 Å². The number of carbonyl (C=O) groups excluding carboxylic acids is 1. The average molecular weight is 294 g/mol. The summed E-state index contributed by atoms with van der Waals surface area (Å²) in [5.41, 5.74) is 5.39. The molecule has 1 amide bonds. The first kappa shape index (κ1) is 18.6. The van der Waals surface area contributed by atoms with Crippen molar-refractivity contribution in [2.24, 2.45) is 11.7 Å². The largest absolute Gasteiger partial charge is 0.345 e. The summed E-state index contributed by atoms with van der Waals surface area (Å²) in [6.07, 6.45) is 6.42. The van der Waals surface area contributed by atoms with Crippen LogP contribution >= 0.6 is 7.57 Å². The van der Waals surface area contributed by atoms with Gasteiger partial charge in [-0.1, -0.05) is 13.3 Å². The van der Waals surface area contributed by atoms with Crippen LogP contribution < -0.4 is 5.73 Å². The molecule has 0 spiro atoms. The van der Waals surface area contributed by atoms with Gasteiger partial charge in [0.05, 0.1) is 6.61 Å². The highest BCUT2D eigenvalue weighted by Gasteiger charge is 2.14. The highest BCUT2D eigenvalue weighted by atomic mass is 31.2. The number of rotatable bonds is 10. The van der Waals surface area contributed by atoms with Gasteiger partial charge in [-0.2, -0.15) is 0 Å². The third kappa shape index (κ3) is 11.2. The minimum absolute atomic E-state index is 0.0263. The topological polar surface area (TPSA) is 96.0 Å². The van der Waals surface area contributed by atoms with E-state index >= 15 is 0 Å². The lowest BCUT2D eigenvalue weighted by molar-refractivity contribution is -0.130. The summed E-state index contributed by atoms with van der Waals surface area (Å²) in [6.45, 7) is 3.25. The second kappa shape index (κ2) is 9.50.